The van der Waals surface area contributed by atoms with Crippen LogP contribution in [0.5, 0.6) is 0 Å². The molecule has 2 unspecified atom stereocenters. The molecular formula is C13H18N2O2. The van der Waals surface area contributed by atoms with Gasteiger partial charge in [0.15, 0.2) is 0 Å². The molecule has 1 aliphatic heterocycles. The number of rotatable bonds is 2. The Morgan fingerprint density at radius 1 is 1.47 bits per heavy atom. The molecule has 1 aliphatic rings. The van der Waals surface area contributed by atoms with Crippen molar-refractivity contribution in [2.75, 3.05) is 12.8 Å². The van der Waals surface area contributed by atoms with Crippen molar-refractivity contribution in [3.63, 3.8) is 0 Å². The van der Waals surface area contributed by atoms with Crippen LogP contribution in [0.25, 0.3) is 0 Å². The molecule has 1 saturated heterocycles. The van der Waals surface area contributed by atoms with Crippen LogP contribution in [0.4, 0.5) is 5.69 Å². The lowest BCUT2D eigenvalue weighted by molar-refractivity contribution is -0.144. The average Bonchev–Trinajstić information content (AvgIpc) is 2.38. The number of nitrogens with two attached hydrogens (primary N) is 1. The van der Waals surface area contributed by atoms with E-state index >= 15 is 0 Å². The molecule has 1 aromatic carbocycles. The summed E-state index contributed by atoms with van der Waals surface area (Å²) in [7, 11) is 1.42. The maximum Gasteiger partial charge on any atom is 0.322 e. The van der Waals surface area contributed by atoms with Crippen LogP contribution in [0.3, 0.4) is 0 Å². The number of piperidine rings is 1. The molecule has 4 heteroatoms. The highest BCUT2D eigenvalue weighted by Gasteiger charge is 2.27. The first-order valence-corrected chi connectivity index (χ1v) is 5.90. The van der Waals surface area contributed by atoms with Gasteiger partial charge in [0.25, 0.3) is 0 Å². The minimum atomic E-state index is -0.194. The van der Waals surface area contributed by atoms with Gasteiger partial charge in [0.05, 0.1) is 7.11 Å². The monoisotopic (exact) mass is 234 g/mol. The molecule has 0 spiro atoms. The number of hydrogen-bond acceptors (Lipinski definition) is 4. The molecule has 1 fully saturated rings. The molecule has 2 atom stereocenters. The first-order valence-electron chi connectivity index (χ1n) is 5.90. The fourth-order valence-electron chi connectivity index (χ4n) is 2.30. The van der Waals surface area contributed by atoms with E-state index in [0.29, 0.717) is 0 Å². The van der Waals surface area contributed by atoms with Crippen molar-refractivity contribution < 1.29 is 9.53 Å². The zero-order valence-corrected chi connectivity index (χ0v) is 9.98. The molecule has 1 aromatic rings. The van der Waals surface area contributed by atoms with Crippen LogP contribution in [0, 0.1) is 0 Å². The van der Waals surface area contributed by atoms with Gasteiger partial charge in [-0.05, 0) is 37.0 Å². The highest BCUT2D eigenvalue weighted by Crippen LogP contribution is 2.26. The lowest BCUT2D eigenvalue weighted by atomic mass is 9.93. The topological polar surface area (TPSA) is 64.3 Å². The Kier molecular flexibility index (Phi) is 3.64. The van der Waals surface area contributed by atoms with E-state index < -0.39 is 0 Å². The third kappa shape index (κ3) is 2.77. The number of nitrogens with one attached hydrogen (secondary N) is 1. The summed E-state index contributed by atoms with van der Waals surface area (Å²) >= 11 is 0. The van der Waals surface area contributed by atoms with Crippen LogP contribution in [0.15, 0.2) is 24.3 Å². The van der Waals surface area contributed by atoms with Gasteiger partial charge in [0.2, 0.25) is 0 Å². The quantitative estimate of drug-likeness (QED) is 0.603. The molecule has 3 N–H and O–H groups in total. The van der Waals surface area contributed by atoms with Crippen LogP contribution in [0.2, 0.25) is 0 Å². The molecule has 0 aromatic heterocycles. The molecular weight excluding hydrogens is 216 g/mol. The average molecular weight is 234 g/mol. The highest BCUT2D eigenvalue weighted by atomic mass is 16.5. The Balaban J connectivity index is 2.09. The predicted molar refractivity (Wildman–Crippen MR) is 66.4 cm³/mol. The third-order valence-electron chi connectivity index (χ3n) is 3.19. The zero-order chi connectivity index (χ0) is 12.3. The van der Waals surface area contributed by atoms with E-state index in [9.17, 15) is 4.79 Å². The second-order valence-corrected chi connectivity index (χ2v) is 4.40. The van der Waals surface area contributed by atoms with Crippen molar-refractivity contribution in [1.82, 2.24) is 5.32 Å². The molecule has 92 valence electrons. The fourth-order valence-corrected chi connectivity index (χ4v) is 2.30. The van der Waals surface area contributed by atoms with Crippen molar-refractivity contribution in [3.8, 4) is 0 Å². The number of ether oxygens (including phenoxy) is 1. The van der Waals surface area contributed by atoms with E-state index in [0.717, 1.165) is 30.5 Å². The minimum absolute atomic E-state index is 0.182. The van der Waals surface area contributed by atoms with Crippen molar-refractivity contribution >= 4 is 11.7 Å². The summed E-state index contributed by atoms with van der Waals surface area (Å²) in [5.74, 6) is -0.182. The SMILES string of the molecule is COC(=O)C1CCCC(c2cccc(N)c2)N1. The van der Waals surface area contributed by atoms with E-state index in [4.69, 9.17) is 10.5 Å². The van der Waals surface area contributed by atoms with Gasteiger partial charge in [-0.15, -0.1) is 0 Å². The lowest BCUT2D eigenvalue weighted by Crippen LogP contribution is -2.43. The Bertz CT molecular complexity index is 406. The highest BCUT2D eigenvalue weighted by molar-refractivity contribution is 5.75. The molecule has 2 rings (SSSR count). The lowest BCUT2D eigenvalue weighted by Gasteiger charge is -2.29. The molecule has 17 heavy (non-hydrogen) atoms. The van der Waals surface area contributed by atoms with Crippen molar-refractivity contribution in [3.05, 3.63) is 29.8 Å². The number of hydrogen-bond donors (Lipinski definition) is 2. The molecule has 0 amide bonds. The number of benzene rings is 1. The van der Waals surface area contributed by atoms with Crippen LogP contribution >= 0.6 is 0 Å². The second kappa shape index (κ2) is 5.19. The van der Waals surface area contributed by atoms with E-state index in [1.54, 1.807) is 0 Å². The van der Waals surface area contributed by atoms with Gasteiger partial charge in [-0.3, -0.25) is 10.1 Å². The molecule has 1 heterocycles. The number of esters is 1. The van der Waals surface area contributed by atoms with Crippen molar-refractivity contribution in [2.24, 2.45) is 0 Å². The van der Waals surface area contributed by atoms with Gasteiger partial charge in [-0.25, -0.2) is 0 Å². The zero-order valence-electron chi connectivity index (χ0n) is 9.98. The van der Waals surface area contributed by atoms with Crippen LogP contribution in [0.1, 0.15) is 30.9 Å². The minimum Gasteiger partial charge on any atom is -0.468 e. The molecule has 0 aliphatic carbocycles. The van der Waals surface area contributed by atoms with E-state index in [2.05, 4.69) is 5.32 Å². The molecule has 4 nitrogen and oxygen atoms in total. The number of nitrogen functional groups attached to an aromatic ring is 1. The van der Waals surface area contributed by atoms with Crippen LogP contribution in [-0.2, 0) is 9.53 Å². The van der Waals surface area contributed by atoms with Crippen LogP contribution in [-0.4, -0.2) is 19.1 Å². The Hall–Kier alpha value is -1.55. The van der Waals surface area contributed by atoms with Gasteiger partial charge in [0.1, 0.15) is 6.04 Å². The van der Waals surface area contributed by atoms with Crippen molar-refractivity contribution in [2.45, 2.75) is 31.3 Å². The number of carbonyl (C=O) groups is 1. The van der Waals surface area contributed by atoms with Crippen LogP contribution < -0.4 is 11.1 Å². The summed E-state index contributed by atoms with van der Waals surface area (Å²) in [6.45, 7) is 0. The largest absolute Gasteiger partial charge is 0.468 e. The number of carbonyl (C=O) groups excluding carboxylic acids is 1. The van der Waals surface area contributed by atoms with E-state index in [1.165, 1.54) is 7.11 Å². The molecule has 0 saturated carbocycles. The number of methoxy groups -OCH3 is 1. The Labute approximate surface area is 101 Å². The first kappa shape index (κ1) is 11.9. The Morgan fingerprint density at radius 2 is 2.29 bits per heavy atom. The summed E-state index contributed by atoms with van der Waals surface area (Å²) in [5.41, 5.74) is 7.66. The summed E-state index contributed by atoms with van der Waals surface area (Å²) in [5, 5.41) is 3.32. The maximum absolute atomic E-state index is 11.5. The first-order chi connectivity index (χ1) is 8.20. The summed E-state index contributed by atoms with van der Waals surface area (Å²) in [6.07, 6.45) is 2.88. The maximum atomic E-state index is 11.5. The van der Waals surface area contributed by atoms with Gasteiger partial charge >= 0.3 is 5.97 Å². The van der Waals surface area contributed by atoms with Crippen molar-refractivity contribution in [1.29, 1.82) is 0 Å². The van der Waals surface area contributed by atoms with Gasteiger partial charge < -0.3 is 10.5 Å². The van der Waals surface area contributed by atoms with Gasteiger partial charge in [-0.2, -0.15) is 0 Å². The van der Waals surface area contributed by atoms with E-state index in [1.807, 2.05) is 24.3 Å². The summed E-state index contributed by atoms with van der Waals surface area (Å²) < 4.78 is 4.77. The second-order valence-electron chi connectivity index (χ2n) is 4.40. The fraction of sp³-hybridized carbons (Fsp3) is 0.462. The summed E-state index contributed by atoms with van der Waals surface area (Å²) in [6, 6.07) is 7.79. The summed E-state index contributed by atoms with van der Waals surface area (Å²) in [4.78, 5) is 11.5. The predicted octanol–water partition coefficient (Wildman–Crippen LogP) is 1.62. The normalized spacial score (nSPS) is 24.3. The standard InChI is InChI=1S/C13H18N2O2/c1-17-13(16)12-7-3-6-11(15-12)9-4-2-5-10(14)8-9/h2,4-5,8,11-12,15H,3,6-7,14H2,1H3. The third-order valence-corrected chi connectivity index (χ3v) is 3.19. The van der Waals surface area contributed by atoms with E-state index in [-0.39, 0.29) is 18.1 Å². The molecule has 0 bridgehead atoms. The Morgan fingerprint density at radius 3 is 3.00 bits per heavy atom. The molecule has 0 radical (unpaired) electrons. The van der Waals surface area contributed by atoms with Gasteiger partial charge in [0, 0.05) is 11.7 Å². The smallest absolute Gasteiger partial charge is 0.322 e. The van der Waals surface area contributed by atoms with Gasteiger partial charge in [-0.1, -0.05) is 12.1 Å². The number of anilines is 1.